The molecule has 0 amide bonds. The summed E-state index contributed by atoms with van der Waals surface area (Å²) in [6.45, 7) is 9.79. The maximum absolute atomic E-state index is 6.00. The first-order valence-corrected chi connectivity index (χ1v) is 6.78. The van der Waals surface area contributed by atoms with Crippen molar-refractivity contribution in [1.82, 2.24) is 4.98 Å². The Labute approximate surface area is 114 Å². The fourth-order valence-corrected chi connectivity index (χ4v) is 2.18. The maximum Gasteiger partial charge on any atom is 0.496 e. The van der Waals surface area contributed by atoms with E-state index in [1.807, 2.05) is 18.3 Å². The summed E-state index contributed by atoms with van der Waals surface area (Å²) in [4.78, 5) is 4.50. The Balaban J connectivity index is 1.76. The highest BCUT2D eigenvalue weighted by molar-refractivity contribution is 6.62. The van der Waals surface area contributed by atoms with E-state index in [0.717, 1.165) is 24.4 Å². The first-order chi connectivity index (χ1) is 8.89. The van der Waals surface area contributed by atoms with Gasteiger partial charge < -0.3 is 14.0 Å². The molecule has 4 nitrogen and oxygen atoms in total. The van der Waals surface area contributed by atoms with Crippen molar-refractivity contribution in [3.63, 3.8) is 0 Å². The van der Waals surface area contributed by atoms with Crippen molar-refractivity contribution < 1.29 is 14.0 Å². The van der Waals surface area contributed by atoms with Crippen molar-refractivity contribution >= 4 is 12.6 Å². The molecule has 2 fully saturated rings. The summed E-state index contributed by atoms with van der Waals surface area (Å²) in [5.74, 6) is 0.451. The zero-order chi connectivity index (χ0) is 13.7. The van der Waals surface area contributed by atoms with E-state index in [1.165, 1.54) is 0 Å². The molecule has 3 rings (SSSR count). The van der Waals surface area contributed by atoms with E-state index in [2.05, 4.69) is 32.7 Å². The van der Waals surface area contributed by atoms with Crippen LogP contribution in [0.15, 0.2) is 18.3 Å². The third kappa shape index (κ3) is 2.20. The van der Waals surface area contributed by atoms with Gasteiger partial charge in [-0.1, -0.05) is 6.07 Å². The van der Waals surface area contributed by atoms with Gasteiger partial charge in [0.05, 0.1) is 24.4 Å². The van der Waals surface area contributed by atoms with E-state index >= 15 is 0 Å². The molecule has 2 aliphatic rings. The Bertz CT molecular complexity index is 452. The highest BCUT2D eigenvalue weighted by Gasteiger charge is 2.51. The number of ether oxygens (including phenoxy) is 1. The summed E-state index contributed by atoms with van der Waals surface area (Å²) in [5.41, 5.74) is 1.45. The van der Waals surface area contributed by atoms with Crippen LogP contribution in [0.25, 0.3) is 0 Å². The van der Waals surface area contributed by atoms with Crippen molar-refractivity contribution in [1.29, 1.82) is 0 Å². The Morgan fingerprint density at radius 2 is 1.74 bits per heavy atom. The minimum absolute atomic E-state index is 0.307. The Morgan fingerprint density at radius 1 is 1.11 bits per heavy atom. The molecular formula is C14H20BNO3. The van der Waals surface area contributed by atoms with E-state index < -0.39 is 0 Å². The second kappa shape index (κ2) is 4.30. The van der Waals surface area contributed by atoms with Gasteiger partial charge in [-0.15, -0.1) is 0 Å². The fourth-order valence-electron chi connectivity index (χ4n) is 2.18. The number of hydrogen-bond donors (Lipinski definition) is 0. The van der Waals surface area contributed by atoms with Crippen molar-refractivity contribution in [2.75, 3.05) is 13.2 Å². The Hall–Kier alpha value is -0.905. The van der Waals surface area contributed by atoms with Gasteiger partial charge in [-0.25, -0.2) is 0 Å². The zero-order valence-electron chi connectivity index (χ0n) is 12.0. The molecule has 2 aliphatic heterocycles. The lowest BCUT2D eigenvalue weighted by atomic mass is 9.80. The van der Waals surface area contributed by atoms with Crippen LogP contribution in [0.3, 0.4) is 0 Å². The lowest BCUT2D eigenvalue weighted by molar-refractivity contribution is 0.00578. The predicted octanol–water partition coefficient (Wildman–Crippen LogP) is 1.49. The molecule has 2 saturated heterocycles. The number of rotatable bonds is 2. The predicted molar refractivity (Wildman–Crippen MR) is 73.5 cm³/mol. The molecule has 0 aliphatic carbocycles. The molecule has 1 aromatic heterocycles. The third-order valence-corrected chi connectivity index (χ3v) is 4.39. The van der Waals surface area contributed by atoms with Gasteiger partial charge in [0, 0.05) is 23.3 Å². The average Bonchev–Trinajstić information content (AvgIpc) is 2.47. The summed E-state index contributed by atoms with van der Waals surface area (Å²) < 4.78 is 17.2. The van der Waals surface area contributed by atoms with Crippen molar-refractivity contribution in [2.24, 2.45) is 0 Å². The third-order valence-electron chi connectivity index (χ3n) is 4.39. The molecule has 5 heteroatoms. The molecule has 0 spiro atoms. The van der Waals surface area contributed by atoms with Crippen LogP contribution >= 0.6 is 0 Å². The largest absolute Gasteiger partial charge is 0.496 e. The average molecular weight is 261 g/mol. The van der Waals surface area contributed by atoms with Gasteiger partial charge in [0.1, 0.15) is 0 Å². The molecule has 19 heavy (non-hydrogen) atoms. The van der Waals surface area contributed by atoms with Crippen LogP contribution in [0.1, 0.15) is 39.3 Å². The quantitative estimate of drug-likeness (QED) is 0.756. The summed E-state index contributed by atoms with van der Waals surface area (Å²) in [5, 5.41) is 0. The van der Waals surface area contributed by atoms with Crippen LogP contribution in [-0.2, 0) is 14.0 Å². The van der Waals surface area contributed by atoms with Crippen LogP contribution in [0.2, 0.25) is 0 Å². The summed E-state index contributed by atoms with van der Waals surface area (Å²) >= 11 is 0. The maximum atomic E-state index is 6.00. The van der Waals surface area contributed by atoms with Crippen LogP contribution in [-0.4, -0.2) is 36.5 Å². The normalized spacial score (nSPS) is 25.4. The lowest BCUT2D eigenvalue weighted by Gasteiger charge is -2.32. The summed E-state index contributed by atoms with van der Waals surface area (Å²) in [7, 11) is -0.329. The minimum Gasteiger partial charge on any atom is -0.399 e. The highest BCUT2D eigenvalue weighted by atomic mass is 16.7. The topological polar surface area (TPSA) is 40.6 Å². The second-order valence-corrected chi connectivity index (χ2v) is 6.34. The molecule has 0 atom stereocenters. The molecule has 0 aromatic carbocycles. The molecule has 0 radical (unpaired) electrons. The molecule has 102 valence electrons. The SMILES string of the molecule is CC1(C)OB(c2ccc(C3COC3)nc2)OC1(C)C. The smallest absolute Gasteiger partial charge is 0.399 e. The highest BCUT2D eigenvalue weighted by Crippen LogP contribution is 2.36. The monoisotopic (exact) mass is 261 g/mol. The van der Waals surface area contributed by atoms with Gasteiger partial charge in [0.25, 0.3) is 0 Å². The first-order valence-electron chi connectivity index (χ1n) is 6.78. The molecule has 3 heterocycles. The number of pyridine rings is 1. The van der Waals surface area contributed by atoms with Crippen LogP contribution in [0, 0.1) is 0 Å². The Morgan fingerprint density at radius 3 is 2.16 bits per heavy atom. The van der Waals surface area contributed by atoms with Gasteiger partial charge in [0.2, 0.25) is 0 Å². The summed E-state index contributed by atoms with van der Waals surface area (Å²) in [6.07, 6.45) is 1.86. The van der Waals surface area contributed by atoms with Crippen molar-refractivity contribution in [2.45, 2.75) is 44.8 Å². The summed E-state index contributed by atoms with van der Waals surface area (Å²) in [6, 6.07) is 4.09. The number of hydrogen-bond acceptors (Lipinski definition) is 4. The minimum atomic E-state index is -0.329. The van der Waals surface area contributed by atoms with Gasteiger partial charge in [-0.3, -0.25) is 4.98 Å². The van der Waals surface area contributed by atoms with Gasteiger partial charge >= 0.3 is 7.12 Å². The van der Waals surface area contributed by atoms with Gasteiger partial charge in [-0.05, 0) is 33.8 Å². The van der Waals surface area contributed by atoms with E-state index in [4.69, 9.17) is 14.0 Å². The fraction of sp³-hybridized carbons (Fsp3) is 0.643. The Kier molecular flexibility index (Phi) is 2.96. The van der Waals surface area contributed by atoms with E-state index in [0.29, 0.717) is 5.92 Å². The van der Waals surface area contributed by atoms with Gasteiger partial charge in [0.15, 0.2) is 0 Å². The molecule has 0 bridgehead atoms. The number of nitrogens with zero attached hydrogens (tertiary/aromatic N) is 1. The van der Waals surface area contributed by atoms with Crippen molar-refractivity contribution in [3.05, 3.63) is 24.0 Å². The molecular weight excluding hydrogens is 241 g/mol. The van der Waals surface area contributed by atoms with Crippen LogP contribution in [0.4, 0.5) is 0 Å². The standard InChI is InChI=1S/C14H20BNO3/c1-13(2)14(3,4)19-15(18-13)11-5-6-12(16-7-11)10-8-17-9-10/h5-7,10H,8-9H2,1-4H3. The van der Waals surface area contributed by atoms with E-state index in [1.54, 1.807) is 0 Å². The molecule has 1 aromatic rings. The number of aromatic nitrogens is 1. The van der Waals surface area contributed by atoms with Crippen molar-refractivity contribution in [3.8, 4) is 0 Å². The second-order valence-electron chi connectivity index (χ2n) is 6.34. The molecule has 0 saturated carbocycles. The lowest BCUT2D eigenvalue weighted by Crippen LogP contribution is -2.41. The van der Waals surface area contributed by atoms with E-state index in [9.17, 15) is 0 Å². The zero-order valence-corrected chi connectivity index (χ0v) is 12.0. The van der Waals surface area contributed by atoms with Crippen LogP contribution < -0.4 is 5.46 Å². The van der Waals surface area contributed by atoms with Gasteiger partial charge in [-0.2, -0.15) is 0 Å². The van der Waals surface area contributed by atoms with E-state index in [-0.39, 0.29) is 18.3 Å². The van der Waals surface area contributed by atoms with Crippen LogP contribution in [0.5, 0.6) is 0 Å². The molecule has 0 unspecified atom stereocenters. The molecule has 0 N–H and O–H groups in total. The first kappa shape index (κ1) is 13.1.